The molecule has 0 aromatic heterocycles. The number of hydrogen-bond acceptors (Lipinski definition) is 4. The molecular weight excluding hydrogens is 196 g/mol. The van der Waals surface area contributed by atoms with Gasteiger partial charge in [0, 0.05) is 0 Å². The highest BCUT2D eigenvalue weighted by Gasteiger charge is 2.35. The van der Waals surface area contributed by atoms with Gasteiger partial charge in [-0.1, -0.05) is 12.2 Å². The summed E-state index contributed by atoms with van der Waals surface area (Å²) in [6.45, 7) is 2.77. The predicted molar refractivity (Wildman–Crippen MR) is 52.4 cm³/mol. The second kappa shape index (κ2) is 3.72. The van der Waals surface area contributed by atoms with Crippen molar-refractivity contribution in [1.29, 1.82) is 0 Å². The van der Waals surface area contributed by atoms with Gasteiger partial charge in [0.25, 0.3) is 0 Å². The van der Waals surface area contributed by atoms with Crippen molar-refractivity contribution in [2.75, 3.05) is 26.4 Å². The molecule has 4 heteroatoms. The van der Waals surface area contributed by atoms with Crippen LogP contribution in [0, 0.1) is 0 Å². The highest BCUT2D eigenvalue weighted by molar-refractivity contribution is 5.24. The molecule has 2 unspecified atom stereocenters. The maximum atomic E-state index is 5.72. The molecule has 0 bridgehead atoms. The molecule has 0 aromatic carbocycles. The summed E-state index contributed by atoms with van der Waals surface area (Å²) in [6.07, 6.45) is 8.20. The standard InChI is InChI=1S/C11H14O4/c1-2-4-11(3-1,14-7-9-5-12-9)15-8-10-6-13-10/h1-4,9-10H,5-8H2. The number of hydrogen-bond donors (Lipinski definition) is 0. The highest BCUT2D eigenvalue weighted by atomic mass is 16.7. The zero-order chi connectivity index (χ0) is 10.1. The lowest BCUT2D eigenvalue weighted by Crippen LogP contribution is -2.33. The lowest BCUT2D eigenvalue weighted by atomic mass is 10.3. The third kappa shape index (κ3) is 2.46. The van der Waals surface area contributed by atoms with Crippen molar-refractivity contribution >= 4 is 0 Å². The van der Waals surface area contributed by atoms with Crippen molar-refractivity contribution < 1.29 is 18.9 Å². The lowest BCUT2D eigenvalue weighted by Gasteiger charge is -2.25. The van der Waals surface area contributed by atoms with Gasteiger partial charge in [0.2, 0.25) is 5.79 Å². The Morgan fingerprint density at radius 3 is 1.87 bits per heavy atom. The maximum absolute atomic E-state index is 5.72. The van der Waals surface area contributed by atoms with E-state index in [9.17, 15) is 0 Å². The monoisotopic (exact) mass is 210 g/mol. The normalized spacial score (nSPS) is 34.7. The van der Waals surface area contributed by atoms with Gasteiger partial charge < -0.3 is 18.9 Å². The number of rotatable bonds is 6. The third-order valence-corrected chi connectivity index (χ3v) is 2.56. The molecular formula is C11H14O4. The second-order valence-electron chi connectivity index (χ2n) is 3.97. The summed E-state index contributed by atoms with van der Waals surface area (Å²) >= 11 is 0. The predicted octanol–water partition coefficient (Wildman–Crippen LogP) is 0.639. The molecule has 15 heavy (non-hydrogen) atoms. The fraction of sp³-hybridized carbons (Fsp3) is 0.636. The van der Waals surface area contributed by atoms with Gasteiger partial charge in [-0.25, -0.2) is 0 Å². The molecule has 0 N–H and O–H groups in total. The smallest absolute Gasteiger partial charge is 0.208 e. The molecule has 0 saturated carbocycles. The highest BCUT2D eigenvalue weighted by Crippen LogP contribution is 2.26. The summed E-state index contributed by atoms with van der Waals surface area (Å²) in [7, 11) is 0. The van der Waals surface area contributed by atoms with Crippen LogP contribution in [0.1, 0.15) is 0 Å². The Balaban J connectivity index is 1.53. The van der Waals surface area contributed by atoms with Gasteiger partial charge in [-0.2, -0.15) is 0 Å². The fourth-order valence-corrected chi connectivity index (χ4v) is 1.44. The van der Waals surface area contributed by atoms with Gasteiger partial charge >= 0.3 is 0 Å². The van der Waals surface area contributed by atoms with E-state index in [1.54, 1.807) is 0 Å². The van der Waals surface area contributed by atoms with E-state index in [1.807, 2.05) is 24.3 Å². The van der Waals surface area contributed by atoms with E-state index in [2.05, 4.69) is 0 Å². The van der Waals surface area contributed by atoms with E-state index in [1.165, 1.54) is 0 Å². The van der Waals surface area contributed by atoms with Crippen molar-refractivity contribution in [2.24, 2.45) is 0 Å². The van der Waals surface area contributed by atoms with E-state index >= 15 is 0 Å². The Kier molecular flexibility index (Phi) is 2.36. The molecule has 2 atom stereocenters. The van der Waals surface area contributed by atoms with Gasteiger partial charge in [0.1, 0.15) is 12.2 Å². The van der Waals surface area contributed by atoms with E-state index < -0.39 is 5.79 Å². The minimum Gasteiger partial charge on any atom is -0.371 e. The van der Waals surface area contributed by atoms with Crippen LogP contribution in [0.3, 0.4) is 0 Å². The number of allylic oxidation sites excluding steroid dienone is 2. The van der Waals surface area contributed by atoms with E-state index in [0.717, 1.165) is 13.2 Å². The van der Waals surface area contributed by atoms with Crippen LogP contribution in [0.2, 0.25) is 0 Å². The fourth-order valence-electron chi connectivity index (χ4n) is 1.44. The number of epoxide rings is 2. The second-order valence-corrected chi connectivity index (χ2v) is 3.97. The van der Waals surface area contributed by atoms with Crippen molar-refractivity contribution in [3.8, 4) is 0 Å². The minimum absolute atomic E-state index is 0.255. The van der Waals surface area contributed by atoms with Crippen LogP contribution in [0.15, 0.2) is 24.3 Å². The average molecular weight is 210 g/mol. The van der Waals surface area contributed by atoms with E-state index in [4.69, 9.17) is 18.9 Å². The average Bonchev–Trinajstić information content (AvgIpc) is 3.15. The Bertz CT molecular complexity index is 259. The molecule has 0 aromatic rings. The van der Waals surface area contributed by atoms with Gasteiger partial charge in [0.05, 0.1) is 26.4 Å². The largest absolute Gasteiger partial charge is 0.371 e. The first-order valence-corrected chi connectivity index (χ1v) is 5.24. The molecule has 2 saturated heterocycles. The quantitative estimate of drug-likeness (QED) is 0.476. The van der Waals surface area contributed by atoms with E-state index in [-0.39, 0.29) is 12.2 Å². The Morgan fingerprint density at radius 1 is 1.00 bits per heavy atom. The van der Waals surface area contributed by atoms with E-state index in [0.29, 0.717) is 13.2 Å². The van der Waals surface area contributed by atoms with Crippen LogP contribution in [0.4, 0.5) is 0 Å². The summed E-state index contributed by atoms with van der Waals surface area (Å²) in [5, 5.41) is 0. The topological polar surface area (TPSA) is 43.5 Å². The van der Waals surface area contributed by atoms with Gasteiger partial charge in [-0.3, -0.25) is 0 Å². The van der Waals surface area contributed by atoms with Crippen LogP contribution in [-0.2, 0) is 18.9 Å². The zero-order valence-corrected chi connectivity index (χ0v) is 8.43. The van der Waals surface area contributed by atoms with Crippen molar-refractivity contribution in [3.05, 3.63) is 24.3 Å². The summed E-state index contributed by atoms with van der Waals surface area (Å²) in [6, 6.07) is 0. The van der Waals surface area contributed by atoms with Crippen molar-refractivity contribution in [3.63, 3.8) is 0 Å². The van der Waals surface area contributed by atoms with Crippen molar-refractivity contribution in [2.45, 2.75) is 18.0 Å². The van der Waals surface area contributed by atoms with Crippen LogP contribution in [-0.4, -0.2) is 44.4 Å². The lowest BCUT2D eigenvalue weighted by molar-refractivity contribution is -0.174. The summed E-state index contributed by atoms with van der Waals surface area (Å²) in [4.78, 5) is 0. The van der Waals surface area contributed by atoms with Crippen LogP contribution < -0.4 is 0 Å². The Hall–Kier alpha value is -0.680. The van der Waals surface area contributed by atoms with Crippen LogP contribution in [0.5, 0.6) is 0 Å². The Labute approximate surface area is 88.4 Å². The zero-order valence-electron chi connectivity index (χ0n) is 8.43. The maximum Gasteiger partial charge on any atom is 0.208 e. The van der Waals surface area contributed by atoms with Gasteiger partial charge in [-0.15, -0.1) is 0 Å². The SMILES string of the molecule is C1=CC(OCC2CO2)(OCC2CO2)C=C1. The first kappa shape index (κ1) is 9.54. The molecule has 1 aliphatic carbocycles. The van der Waals surface area contributed by atoms with Crippen molar-refractivity contribution in [1.82, 2.24) is 0 Å². The summed E-state index contributed by atoms with van der Waals surface area (Å²) in [5.74, 6) is -0.683. The van der Waals surface area contributed by atoms with Gasteiger partial charge in [-0.05, 0) is 12.2 Å². The molecule has 3 aliphatic rings. The Morgan fingerprint density at radius 2 is 1.47 bits per heavy atom. The molecule has 2 heterocycles. The van der Waals surface area contributed by atoms with Gasteiger partial charge in [0.15, 0.2) is 0 Å². The van der Waals surface area contributed by atoms with Crippen LogP contribution >= 0.6 is 0 Å². The van der Waals surface area contributed by atoms with Crippen LogP contribution in [0.25, 0.3) is 0 Å². The first-order chi connectivity index (χ1) is 7.36. The molecule has 0 spiro atoms. The summed E-state index contributed by atoms with van der Waals surface area (Å²) < 4.78 is 21.6. The molecule has 0 amide bonds. The number of ether oxygens (including phenoxy) is 4. The molecule has 82 valence electrons. The molecule has 2 fully saturated rings. The molecule has 3 rings (SSSR count). The molecule has 0 radical (unpaired) electrons. The molecule has 4 nitrogen and oxygen atoms in total. The summed E-state index contributed by atoms with van der Waals surface area (Å²) in [5.41, 5.74) is 0. The third-order valence-electron chi connectivity index (χ3n) is 2.56. The minimum atomic E-state index is -0.683. The molecule has 2 aliphatic heterocycles. The first-order valence-electron chi connectivity index (χ1n) is 5.24.